The molecule has 2 heterocycles. The smallest absolute Gasteiger partial charge is 0.337 e. The average Bonchev–Trinajstić information content (AvgIpc) is 3.23. The number of hydrogen-bond donors (Lipinski definition) is 1. The molecule has 4 aromatic rings. The first kappa shape index (κ1) is 19.5. The first-order valence-electron chi connectivity index (χ1n) is 10.6. The maximum absolute atomic E-state index is 11.9. The summed E-state index contributed by atoms with van der Waals surface area (Å²) in [6, 6.07) is 23.0. The number of aromatic amines is 1. The Morgan fingerprint density at radius 3 is 2.81 bits per heavy atom. The number of rotatable bonds is 4. The van der Waals surface area contributed by atoms with Gasteiger partial charge in [0, 0.05) is 24.7 Å². The second kappa shape index (κ2) is 8.00. The van der Waals surface area contributed by atoms with E-state index in [1.54, 1.807) is 0 Å². The zero-order valence-electron chi connectivity index (χ0n) is 17.8. The minimum absolute atomic E-state index is 0.278. The van der Waals surface area contributed by atoms with Gasteiger partial charge in [0.15, 0.2) is 0 Å². The molecule has 156 valence electrons. The summed E-state index contributed by atoms with van der Waals surface area (Å²) < 4.78 is 4.86. The fourth-order valence-electron chi connectivity index (χ4n) is 4.39. The van der Waals surface area contributed by atoms with E-state index in [0.717, 1.165) is 41.9 Å². The molecule has 0 aliphatic carbocycles. The van der Waals surface area contributed by atoms with Crippen LogP contribution in [0, 0.1) is 0 Å². The lowest BCUT2D eigenvalue weighted by molar-refractivity contribution is 0.0600. The van der Waals surface area contributed by atoms with E-state index in [4.69, 9.17) is 9.72 Å². The van der Waals surface area contributed by atoms with Gasteiger partial charge in [-0.05, 0) is 60.4 Å². The molecule has 0 saturated carbocycles. The van der Waals surface area contributed by atoms with Crippen LogP contribution in [0.3, 0.4) is 0 Å². The lowest BCUT2D eigenvalue weighted by Crippen LogP contribution is -2.37. The molecule has 0 bridgehead atoms. The van der Waals surface area contributed by atoms with Gasteiger partial charge in [0.2, 0.25) is 0 Å². The van der Waals surface area contributed by atoms with Crippen molar-refractivity contribution in [3.05, 3.63) is 89.0 Å². The number of nitrogens with zero attached hydrogens (tertiary/aromatic N) is 2. The van der Waals surface area contributed by atoms with Gasteiger partial charge < -0.3 is 9.72 Å². The SMILES string of the molecule is COC(=O)c1ccc2c(c1)CC(C)N(Cc1cccc(-c3nc4ccccc4[nH]3)c1)C2. The first-order chi connectivity index (χ1) is 15.1. The van der Waals surface area contributed by atoms with E-state index in [1.165, 1.54) is 23.8 Å². The van der Waals surface area contributed by atoms with Gasteiger partial charge in [0.05, 0.1) is 23.7 Å². The van der Waals surface area contributed by atoms with Crippen LogP contribution in [0.1, 0.15) is 34.0 Å². The van der Waals surface area contributed by atoms with Crippen molar-refractivity contribution >= 4 is 17.0 Å². The van der Waals surface area contributed by atoms with Crippen LogP contribution in [0.5, 0.6) is 0 Å². The molecule has 1 aliphatic rings. The fraction of sp³-hybridized carbons (Fsp3) is 0.231. The lowest BCUT2D eigenvalue weighted by atomic mass is 9.92. The molecule has 1 aromatic heterocycles. The molecule has 1 N–H and O–H groups in total. The van der Waals surface area contributed by atoms with E-state index in [2.05, 4.69) is 47.1 Å². The molecule has 5 heteroatoms. The van der Waals surface area contributed by atoms with Gasteiger partial charge in [-0.1, -0.05) is 36.4 Å². The molecule has 1 atom stereocenters. The predicted octanol–water partition coefficient (Wildman–Crippen LogP) is 4.96. The Balaban J connectivity index is 1.37. The van der Waals surface area contributed by atoms with Crippen molar-refractivity contribution < 1.29 is 9.53 Å². The fourth-order valence-corrected chi connectivity index (χ4v) is 4.39. The van der Waals surface area contributed by atoms with Gasteiger partial charge in [-0.15, -0.1) is 0 Å². The zero-order valence-corrected chi connectivity index (χ0v) is 17.8. The summed E-state index contributed by atoms with van der Waals surface area (Å²) in [5.41, 5.74) is 7.54. The van der Waals surface area contributed by atoms with Gasteiger partial charge >= 0.3 is 5.97 Å². The molecule has 0 saturated heterocycles. The summed E-state index contributed by atoms with van der Waals surface area (Å²) in [6.07, 6.45) is 0.920. The van der Waals surface area contributed by atoms with Gasteiger partial charge in [0.25, 0.3) is 0 Å². The Bertz CT molecular complexity index is 1230. The van der Waals surface area contributed by atoms with Gasteiger partial charge in [-0.3, -0.25) is 4.90 Å². The predicted molar refractivity (Wildman–Crippen MR) is 122 cm³/mol. The molecule has 31 heavy (non-hydrogen) atoms. The average molecular weight is 412 g/mol. The quantitative estimate of drug-likeness (QED) is 0.482. The second-order valence-electron chi connectivity index (χ2n) is 8.24. The number of H-pyrrole nitrogens is 1. The molecule has 5 nitrogen and oxygen atoms in total. The van der Waals surface area contributed by atoms with E-state index in [-0.39, 0.29) is 5.97 Å². The number of carbonyl (C=O) groups is 1. The normalized spacial score (nSPS) is 16.3. The Labute approximate surface area is 181 Å². The van der Waals surface area contributed by atoms with Crippen LogP contribution < -0.4 is 0 Å². The summed E-state index contributed by atoms with van der Waals surface area (Å²) in [7, 11) is 1.42. The second-order valence-corrected chi connectivity index (χ2v) is 8.24. The Hall–Kier alpha value is -3.44. The lowest BCUT2D eigenvalue weighted by Gasteiger charge is -2.35. The van der Waals surface area contributed by atoms with Crippen molar-refractivity contribution in [3.63, 3.8) is 0 Å². The molecule has 0 spiro atoms. The Morgan fingerprint density at radius 2 is 1.97 bits per heavy atom. The van der Waals surface area contributed by atoms with Crippen molar-refractivity contribution in [1.29, 1.82) is 0 Å². The summed E-state index contributed by atoms with van der Waals surface area (Å²) in [5.74, 6) is 0.621. The van der Waals surface area contributed by atoms with Crippen LogP contribution >= 0.6 is 0 Å². The third kappa shape index (κ3) is 3.84. The number of nitrogens with one attached hydrogen (secondary N) is 1. The molecular formula is C26H25N3O2. The van der Waals surface area contributed by atoms with Crippen molar-refractivity contribution in [2.45, 2.75) is 32.5 Å². The van der Waals surface area contributed by atoms with Crippen molar-refractivity contribution in [1.82, 2.24) is 14.9 Å². The number of methoxy groups -OCH3 is 1. The third-order valence-electron chi connectivity index (χ3n) is 6.11. The number of hydrogen-bond acceptors (Lipinski definition) is 4. The van der Waals surface area contributed by atoms with Gasteiger partial charge in [-0.25, -0.2) is 9.78 Å². The van der Waals surface area contributed by atoms with E-state index >= 15 is 0 Å². The molecule has 1 unspecified atom stereocenters. The zero-order chi connectivity index (χ0) is 21.4. The van der Waals surface area contributed by atoms with E-state index in [9.17, 15) is 4.79 Å². The highest BCUT2D eigenvalue weighted by Gasteiger charge is 2.24. The number of esters is 1. The molecule has 0 amide bonds. The molecule has 0 radical (unpaired) electrons. The minimum atomic E-state index is -0.278. The van der Waals surface area contributed by atoms with Crippen LogP contribution in [-0.2, 0) is 24.2 Å². The third-order valence-corrected chi connectivity index (χ3v) is 6.11. The van der Waals surface area contributed by atoms with E-state index in [1.807, 2.05) is 36.4 Å². The number of carbonyl (C=O) groups excluding carboxylic acids is 1. The number of benzene rings is 3. The minimum Gasteiger partial charge on any atom is -0.465 e. The highest BCUT2D eigenvalue weighted by atomic mass is 16.5. The van der Waals surface area contributed by atoms with Crippen molar-refractivity contribution in [2.75, 3.05) is 7.11 Å². The van der Waals surface area contributed by atoms with Crippen LogP contribution in [0.15, 0.2) is 66.7 Å². The summed E-state index contributed by atoms with van der Waals surface area (Å²) in [4.78, 5) is 22.5. The van der Waals surface area contributed by atoms with Crippen LogP contribution in [0.4, 0.5) is 0 Å². The van der Waals surface area contributed by atoms with Gasteiger partial charge in [0.1, 0.15) is 5.82 Å². The topological polar surface area (TPSA) is 58.2 Å². The standard InChI is InChI=1S/C26H25N3O2/c1-17-12-22-14-20(26(30)31-2)10-11-21(22)16-29(17)15-18-6-5-7-19(13-18)25-27-23-8-3-4-9-24(23)28-25/h3-11,13-14,17H,12,15-16H2,1-2H3,(H,27,28). The number of para-hydroxylation sites is 2. The van der Waals surface area contributed by atoms with Crippen LogP contribution in [0.25, 0.3) is 22.4 Å². The summed E-state index contributed by atoms with van der Waals surface area (Å²) in [6.45, 7) is 3.98. The van der Waals surface area contributed by atoms with E-state index in [0.29, 0.717) is 11.6 Å². The number of imidazole rings is 1. The Kier molecular flexibility index (Phi) is 5.04. The highest BCUT2D eigenvalue weighted by molar-refractivity contribution is 5.89. The van der Waals surface area contributed by atoms with Crippen molar-refractivity contribution in [3.8, 4) is 11.4 Å². The van der Waals surface area contributed by atoms with Crippen molar-refractivity contribution in [2.24, 2.45) is 0 Å². The summed E-state index contributed by atoms with van der Waals surface area (Å²) in [5, 5.41) is 0. The Morgan fingerprint density at radius 1 is 1.10 bits per heavy atom. The number of aromatic nitrogens is 2. The largest absolute Gasteiger partial charge is 0.465 e. The van der Waals surface area contributed by atoms with E-state index < -0.39 is 0 Å². The number of fused-ring (bicyclic) bond motifs is 2. The van der Waals surface area contributed by atoms with Crippen LogP contribution in [-0.4, -0.2) is 34.0 Å². The molecule has 3 aromatic carbocycles. The molecular weight excluding hydrogens is 386 g/mol. The molecule has 1 aliphatic heterocycles. The van der Waals surface area contributed by atoms with Crippen LogP contribution in [0.2, 0.25) is 0 Å². The number of ether oxygens (including phenoxy) is 1. The molecule has 0 fully saturated rings. The maximum Gasteiger partial charge on any atom is 0.337 e. The highest BCUT2D eigenvalue weighted by Crippen LogP contribution is 2.27. The van der Waals surface area contributed by atoms with Gasteiger partial charge in [-0.2, -0.15) is 0 Å². The summed E-state index contributed by atoms with van der Waals surface area (Å²) >= 11 is 0. The first-order valence-corrected chi connectivity index (χ1v) is 10.6. The maximum atomic E-state index is 11.9. The monoisotopic (exact) mass is 411 g/mol. The molecule has 5 rings (SSSR count).